The molecule has 0 aliphatic carbocycles. The fourth-order valence-electron chi connectivity index (χ4n) is 1.95. The summed E-state index contributed by atoms with van der Waals surface area (Å²) in [6.45, 7) is 5.77. The van der Waals surface area contributed by atoms with Gasteiger partial charge in [0.15, 0.2) is 0 Å². The first-order chi connectivity index (χ1) is 6.34. The molecule has 1 aliphatic rings. The van der Waals surface area contributed by atoms with E-state index in [0.29, 0.717) is 13.0 Å². The molecule has 2 atom stereocenters. The summed E-state index contributed by atoms with van der Waals surface area (Å²) in [4.78, 5) is 11.2. The molecule has 0 amide bonds. The van der Waals surface area contributed by atoms with Gasteiger partial charge in [-0.15, -0.1) is 0 Å². The third-order valence-corrected chi connectivity index (χ3v) is 3.57. The monoisotopic (exact) mass is 202 g/mol. The first-order valence-electron chi connectivity index (χ1n) is 4.88. The topological polar surface area (TPSA) is 66.8 Å². The number of rotatable bonds is 3. The highest BCUT2D eigenvalue weighted by atomic mass is 16.5. The van der Waals surface area contributed by atoms with E-state index in [0.717, 1.165) is 0 Å². The number of aliphatic hydroxyl groups is 1. The second-order valence-electron chi connectivity index (χ2n) is 4.50. The average molecular weight is 202 g/mol. The molecule has 1 heterocycles. The highest BCUT2D eigenvalue weighted by Crippen LogP contribution is 2.43. The molecule has 0 radical (unpaired) electrons. The van der Waals surface area contributed by atoms with E-state index in [2.05, 4.69) is 0 Å². The molecule has 0 aromatic rings. The van der Waals surface area contributed by atoms with E-state index in [1.54, 1.807) is 6.92 Å². The quantitative estimate of drug-likeness (QED) is 0.713. The fourth-order valence-corrected chi connectivity index (χ4v) is 1.95. The average Bonchev–Trinajstić information content (AvgIpc) is 2.51. The van der Waals surface area contributed by atoms with Gasteiger partial charge in [0.1, 0.15) is 5.60 Å². The van der Waals surface area contributed by atoms with Crippen LogP contribution in [0.4, 0.5) is 0 Å². The van der Waals surface area contributed by atoms with Gasteiger partial charge in [0, 0.05) is 13.0 Å². The van der Waals surface area contributed by atoms with Gasteiger partial charge in [-0.05, 0) is 12.8 Å². The summed E-state index contributed by atoms with van der Waals surface area (Å²) >= 11 is 0. The van der Waals surface area contributed by atoms with Crippen LogP contribution in [0.2, 0.25) is 0 Å². The van der Waals surface area contributed by atoms with Crippen molar-refractivity contribution >= 4 is 5.97 Å². The SMILES string of the molecule is CC(C)C(C)(C(=O)O)C1(O)CCOC1. The summed E-state index contributed by atoms with van der Waals surface area (Å²) in [5.74, 6) is -1.09. The van der Waals surface area contributed by atoms with Gasteiger partial charge in [-0.2, -0.15) is 0 Å². The van der Waals surface area contributed by atoms with Gasteiger partial charge in [-0.25, -0.2) is 0 Å². The van der Waals surface area contributed by atoms with Gasteiger partial charge in [-0.1, -0.05) is 13.8 Å². The van der Waals surface area contributed by atoms with Crippen LogP contribution in [0.5, 0.6) is 0 Å². The summed E-state index contributed by atoms with van der Waals surface area (Å²) in [6, 6.07) is 0. The van der Waals surface area contributed by atoms with E-state index in [1.165, 1.54) is 0 Å². The van der Waals surface area contributed by atoms with Crippen molar-refractivity contribution in [3.8, 4) is 0 Å². The number of hydrogen-bond acceptors (Lipinski definition) is 3. The second-order valence-corrected chi connectivity index (χ2v) is 4.50. The molecule has 2 unspecified atom stereocenters. The van der Waals surface area contributed by atoms with Crippen molar-refractivity contribution in [1.29, 1.82) is 0 Å². The van der Waals surface area contributed by atoms with Crippen LogP contribution in [0.15, 0.2) is 0 Å². The van der Waals surface area contributed by atoms with Crippen LogP contribution in [-0.2, 0) is 9.53 Å². The van der Waals surface area contributed by atoms with Gasteiger partial charge in [0.25, 0.3) is 0 Å². The molecular formula is C10H18O4. The van der Waals surface area contributed by atoms with E-state index < -0.39 is 17.0 Å². The number of aliphatic carboxylic acids is 1. The molecule has 1 aliphatic heterocycles. The maximum atomic E-state index is 11.2. The number of carbonyl (C=O) groups is 1. The third-order valence-electron chi connectivity index (χ3n) is 3.57. The molecule has 0 bridgehead atoms. The minimum atomic E-state index is -1.23. The molecule has 1 saturated heterocycles. The lowest BCUT2D eigenvalue weighted by Crippen LogP contribution is -2.55. The Hall–Kier alpha value is -0.610. The van der Waals surface area contributed by atoms with Gasteiger partial charge in [0.2, 0.25) is 0 Å². The van der Waals surface area contributed by atoms with Crippen LogP contribution in [0.3, 0.4) is 0 Å². The molecule has 1 fully saturated rings. The zero-order chi connectivity index (χ0) is 11.0. The smallest absolute Gasteiger partial charge is 0.312 e. The number of hydrogen-bond donors (Lipinski definition) is 2. The summed E-state index contributed by atoms with van der Waals surface area (Å²) in [6.07, 6.45) is 0.397. The molecule has 4 heteroatoms. The zero-order valence-corrected chi connectivity index (χ0v) is 8.91. The van der Waals surface area contributed by atoms with Gasteiger partial charge < -0.3 is 14.9 Å². The van der Waals surface area contributed by atoms with Crippen molar-refractivity contribution in [2.24, 2.45) is 11.3 Å². The van der Waals surface area contributed by atoms with Crippen LogP contribution >= 0.6 is 0 Å². The molecule has 2 N–H and O–H groups in total. The Morgan fingerprint density at radius 3 is 2.43 bits per heavy atom. The molecule has 4 nitrogen and oxygen atoms in total. The van der Waals surface area contributed by atoms with Crippen molar-refractivity contribution < 1.29 is 19.7 Å². The Labute approximate surface area is 83.9 Å². The third kappa shape index (κ3) is 1.42. The lowest BCUT2D eigenvalue weighted by Gasteiger charge is -2.41. The summed E-state index contributed by atoms with van der Waals surface area (Å²) in [7, 11) is 0. The Kier molecular flexibility index (Phi) is 2.88. The van der Waals surface area contributed by atoms with E-state index in [9.17, 15) is 15.0 Å². The summed E-state index contributed by atoms with van der Waals surface area (Å²) in [5.41, 5.74) is -2.36. The first-order valence-corrected chi connectivity index (χ1v) is 4.88. The standard InChI is InChI=1S/C10H18O4/c1-7(2)9(3,8(11)12)10(13)4-5-14-6-10/h7,13H,4-6H2,1-3H3,(H,11,12). The van der Waals surface area contributed by atoms with Crippen LogP contribution < -0.4 is 0 Å². The molecule has 0 aromatic carbocycles. The molecule has 0 spiro atoms. The summed E-state index contributed by atoms with van der Waals surface area (Å²) in [5, 5.41) is 19.5. The predicted molar refractivity (Wildman–Crippen MR) is 51.0 cm³/mol. The predicted octanol–water partition coefficient (Wildman–Crippen LogP) is 0.885. The molecule has 1 rings (SSSR count). The Morgan fingerprint density at radius 1 is 1.57 bits per heavy atom. The van der Waals surface area contributed by atoms with Crippen LogP contribution in [0.1, 0.15) is 27.2 Å². The first kappa shape index (κ1) is 11.5. The van der Waals surface area contributed by atoms with Gasteiger partial charge in [-0.3, -0.25) is 4.79 Å². The Morgan fingerprint density at radius 2 is 2.14 bits per heavy atom. The Balaban J connectivity index is 3.03. The fraction of sp³-hybridized carbons (Fsp3) is 0.900. The summed E-state index contributed by atoms with van der Waals surface area (Å²) < 4.78 is 5.09. The van der Waals surface area contributed by atoms with Crippen LogP contribution in [0.25, 0.3) is 0 Å². The van der Waals surface area contributed by atoms with E-state index in [1.807, 2.05) is 13.8 Å². The van der Waals surface area contributed by atoms with Gasteiger partial charge >= 0.3 is 5.97 Å². The van der Waals surface area contributed by atoms with E-state index in [-0.39, 0.29) is 12.5 Å². The number of carboxylic acid groups (broad SMARTS) is 1. The molecular weight excluding hydrogens is 184 g/mol. The number of ether oxygens (including phenoxy) is 1. The Bertz CT molecular complexity index is 230. The highest BCUT2D eigenvalue weighted by molar-refractivity contribution is 5.76. The van der Waals surface area contributed by atoms with Crippen molar-refractivity contribution in [2.45, 2.75) is 32.8 Å². The highest BCUT2D eigenvalue weighted by Gasteiger charge is 2.56. The second kappa shape index (κ2) is 3.51. The normalized spacial score (nSPS) is 31.8. The van der Waals surface area contributed by atoms with E-state index >= 15 is 0 Å². The largest absolute Gasteiger partial charge is 0.481 e. The number of carboxylic acids is 1. The maximum absolute atomic E-state index is 11.2. The molecule has 14 heavy (non-hydrogen) atoms. The van der Waals surface area contributed by atoms with Crippen molar-refractivity contribution in [1.82, 2.24) is 0 Å². The zero-order valence-electron chi connectivity index (χ0n) is 8.91. The molecule has 82 valence electrons. The molecule has 0 aromatic heterocycles. The minimum absolute atomic E-state index is 0.119. The maximum Gasteiger partial charge on any atom is 0.312 e. The lowest BCUT2D eigenvalue weighted by molar-refractivity contribution is -0.174. The van der Waals surface area contributed by atoms with Crippen LogP contribution in [-0.4, -0.2) is 35.0 Å². The lowest BCUT2D eigenvalue weighted by atomic mass is 9.65. The van der Waals surface area contributed by atoms with Gasteiger partial charge in [0.05, 0.1) is 12.0 Å². The van der Waals surface area contributed by atoms with Crippen LogP contribution in [0, 0.1) is 11.3 Å². The van der Waals surface area contributed by atoms with Crippen molar-refractivity contribution in [3.05, 3.63) is 0 Å². The van der Waals surface area contributed by atoms with Crippen molar-refractivity contribution in [3.63, 3.8) is 0 Å². The van der Waals surface area contributed by atoms with Crippen molar-refractivity contribution in [2.75, 3.05) is 13.2 Å². The molecule has 0 saturated carbocycles. The minimum Gasteiger partial charge on any atom is -0.481 e. The van der Waals surface area contributed by atoms with E-state index in [4.69, 9.17) is 4.74 Å².